The van der Waals surface area contributed by atoms with Crippen LogP contribution in [-0.4, -0.2) is 39.6 Å². The number of amides is 1. The number of pyridine rings is 1. The summed E-state index contributed by atoms with van der Waals surface area (Å²) in [6, 6.07) is 3.55. The van der Waals surface area contributed by atoms with Crippen LogP contribution in [0.4, 0.5) is 0 Å². The number of carbonyl (C=O) groups is 2. The molecule has 3 heterocycles. The van der Waals surface area contributed by atoms with E-state index in [1.807, 2.05) is 6.92 Å². The quantitative estimate of drug-likeness (QED) is 0.831. The number of hydrogen-bond acceptors (Lipinski definition) is 7. The van der Waals surface area contributed by atoms with E-state index < -0.39 is 5.54 Å². The molecular weight excluding hydrogens is 334 g/mol. The Morgan fingerprint density at radius 1 is 1.42 bits per heavy atom. The largest absolute Gasteiger partial charge is 0.446 e. The van der Waals surface area contributed by atoms with Crippen molar-refractivity contribution in [3.63, 3.8) is 0 Å². The van der Waals surface area contributed by atoms with Crippen molar-refractivity contribution in [3.8, 4) is 0 Å². The third kappa shape index (κ3) is 3.22. The van der Waals surface area contributed by atoms with Crippen molar-refractivity contribution >= 4 is 17.6 Å². The highest BCUT2D eigenvalue weighted by Crippen LogP contribution is 2.32. The maximum absolute atomic E-state index is 12.5. The lowest BCUT2D eigenvalue weighted by atomic mass is 9.90. The first-order valence-electron chi connectivity index (χ1n) is 8.24. The molecule has 8 heteroatoms. The fraction of sp³-hybridized carbons (Fsp3) is 0.389. The third-order valence-corrected chi connectivity index (χ3v) is 4.48. The van der Waals surface area contributed by atoms with Crippen LogP contribution < -0.4 is 5.73 Å². The van der Waals surface area contributed by atoms with Crippen LogP contribution in [0, 0.1) is 13.8 Å². The summed E-state index contributed by atoms with van der Waals surface area (Å²) in [5, 5.41) is 0. The first kappa shape index (κ1) is 17.8. The SMILES string of the molecule is Cc1nc(C(=O)Cc2ccnc(C3(C)CC(=O)N(C)C(N)=N3)c2)c(C)o1. The minimum Gasteiger partial charge on any atom is -0.446 e. The molecule has 0 aromatic carbocycles. The van der Waals surface area contributed by atoms with E-state index in [2.05, 4.69) is 15.0 Å². The summed E-state index contributed by atoms with van der Waals surface area (Å²) < 4.78 is 5.32. The predicted octanol–water partition coefficient (Wildman–Crippen LogP) is 1.50. The fourth-order valence-electron chi connectivity index (χ4n) is 2.99. The number of ketones is 1. The van der Waals surface area contributed by atoms with Crippen molar-refractivity contribution in [2.45, 2.75) is 39.2 Å². The Morgan fingerprint density at radius 3 is 2.77 bits per heavy atom. The molecule has 26 heavy (non-hydrogen) atoms. The van der Waals surface area contributed by atoms with Crippen LogP contribution in [0.1, 0.15) is 46.7 Å². The molecule has 0 spiro atoms. The zero-order chi connectivity index (χ0) is 19.1. The molecule has 0 saturated carbocycles. The van der Waals surface area contributed by atoms with E-state index in [1.165, 1.54) is 4.90 Å². The van der Waals surface area contributed by atoms with E-state index in [-0.39, 0.29) is 30.5 Å². The summed E-state index contributed by atoms with van der Waals surface area (Å²) in [5.41, 5.74) is 6.70. The molecule has 1 aliphatic heterocycles. The molecule has 2 aromatic rings. The Kier molecular flexibility index (Phi) is 4.35. The number of guanidine groups is 1. The molecular formula is C18H21N5O3. The van der Waals surface area contributed by atoms with Crippen molar-refractivity contribution in [2.24, 2.45) is 10.7 Å². The van der Waals surface area contributed by atoms with Crippen LogP contribution in [-0.2, 0) is 16.8 Å². The molecule has 0 aliphatic carbocycles. The smallest absolute Gasteiger partial charge is 0.231 e. The Bertz CT molecular complexity index is 917. The van der Waals surface area contributed by atoms with Gasteiger partial charge in [0.1, 0.15) is 17.0 Å². The van der Waals surface area contributed by atoms with Gasteiger partial charge in [-0.05, 0) is 31.5 Å². The van der Waals surface area contributed by atoms with Crippen LogP contribution in [0.15, 0.2) is 27.7 Å². The van der Waals surface area contributed by atoms with Gasteiger partial charge in [0.05, 0.1) is 12.1 Å². The third-order valence-electron chi connectivity index (χ3n) is 4.48. The number of hydrogen-bond donors (Lipinski definition) is 1. The molecule has 1 amide bonds. The Labute approximate surface area is 151 Å². The van der Waals surface area contributed by atoms with Gasteiger partial charge in [0.15, 0.2) is 17.6 Å². The topological polar surface area (TPSA) is 115 Å². The summed E-state index contributed by atoms with van der Waals surface area (Å²) in [6.07, 6.45) is 1.93. The zero-order valence-corrected chi connectivity index (χ0v) is 15.2. The summed E-state index contributed by atoms with van der Waals surface area (Å²) in [4.78, 5) is 38.9. The van der Waals surface area contributed by atoms with Crippen LogP contribution in [0.3, 0.4) is 0 Å². The first-order valence-corrected chi connectivity index (χ1v) is 8.24. The Balaban J connectivity index is 1.88. The summed E-state index contributed by atoms with van der Waals surface area (Å²) >= 11 is 0. The molecule has 0 fully saturated rings. The van der Waals surface area contributed by atoms with Crippen molar-refractivity contribution in [2.75, 3.05) is 7.05 Å². The predicted molar refractivity (Wildman–Crippen MR) is 94.6 cm³/mol. The monoisotopic (exact) mass is 355 g/mol. The molecule has 1 aliphatic rings. The number of rotatable bonds is 4. The second kappa shape index (κ2) is 6.36. The van der Waals surface area contributed by atoms with Gasteiger partial charge in [-0.25, -0.2) is 9.98 Å². The van der Waals surface area contributed by atoms with Gasteiger partial charge in [-0.1, -0.05) is 0 Å². The maximum Gasteiger partial charge on any atom is 0.231 e. The van der Waals surface area contributed by atoms with E-state index in [0.717, 1.165) is 5.56 Å². The van der Waals surface area contributed by atoms with Crippen LogP contribution in [0.2, 0.25) is 0 Å². The number of oxazole rings is 1. The highest BCUT2D eigenvalue weighted by molar-refractivity contribution is 5.99. The molecule has 2 aromatic heterocycles. The molecule has 2 N–H and O–H groups in total. The van der Waals surface area contributed by atoms with Gasteiger partial charge in [0.2, 0.25) is 5.91 Å². The molecule has 3 rings (SSSR count). The number of aromatic nitrogens is 2. The number of aliphatic imine (C=N–C) groups is 1. The number of carbonyl (C=O) groups excluding carboxylic acids is 2. The van der Waals surface area contributed by atoms with Crippen LogP contribution in [0.5, 0.6) is 0 Å². The number of nitrogens with zero attached hydrogens (tertiary/aromatic N) is 4. The van der Waals surface area contributed by atoms with E-state index in [1.54, 1.807) is 39.2 Å². The van der Waals surface area contributed by atoms with E-state index in [9.17, 15) is 9.59 Å². The fourth-order valence-corrected chi connectivity index (χ4v) is 2.99. The van der Waals surface area contributed by atoms with E-state index in [4.69, 9.17) is 10.2 Å². The van der Waals surface area contributed by atoms with Crippen LogP contribution >= 0.6 is 0 Å². The summed E-state index contributed by atoms with van der Waals surface area (Å²) in [6.45, 7) is 5.23. The molecule has 1 atom stereocenters. The summed E-state index contributed by atoms with van der Waals surface area (Å²) in [7, 11) is 1.59. The van der Waals surface area contributed by atoms with Gasteiger partial charge in [0, 0.05) is 26.6 Å². The number of nitrogens with two attached hydrogens (primary N) is 1. The van der Waals surface area contributed by atoms with Gasteiger partial charge in [0.25, 0.3) is 0 Å². The molecule has 1 unspecified atom stereocenters. The number of aryl methyl sites for hydroxylation is 2. The second-order valence-electron chi connectivity index (χ2n) is 6.66. The average Bonchev–Trinajstić information content (AvgIpc) is 2.91. The lowest BCUT2D eigenvalue weighted by Gasteiger charge is -2.32. The van der Waals surface area contributed by atoms with Crippen molar-refractivity contribution in [1.82, 2.24) is 14.9 Å². The first-order chi connectivity index (χ1) is 12.2. The van der Waals surface area contributed by atoms with E-state index in [0.29, 0.717) is 23.0 Å². The normalized spacial score (nSPS) is 20.2. The second-order valence-corrected chi connectivity index (χ2v) is 6.66. The molecule has 136 valence electrons. The van der Waals surface area contributed by atoms with Crippen molar-refractivity contribution in [1.29, 1.82) is 0 Å². The molecule has 0 saturated heterocycles. The summed E-state index contributed by atoms with van der Waals surface area (Å²) in [5.74, 6) is 0.859. The zero-order valence-electron chi connectivity index (χ0n) is 15.2. The van der Waals surface area contributed by atoms with Gasteiger partial charge in [-0.3, -0.25) is 19.5 Å². The number of Topliss-reactive ketones (excluding diaryl/α,β-unsaturated/α-hetero) is 1. The maximum atomic E-state index is 12.5. The van der Waals surface area contributed by atoms with Gasteiger partial charge < -0.3 is 10.2 Å². The van der Waals surface area contributed by atoms with Crippen molar-refractivity contribution < 1.29 is 14.0 Å². The van der Waals surface area contributed by atoms with Gasteiger partial charge in [-0.15, -0.1) is 0 Å². The minimum absolute atomic E-state index is 0.128. The lowest BCUT2D eigenvalue weighted by Crippen LogP contribution is -2.47. The lowest BCUT2D eigenvalue weighted by molar-refractivity contribution is -0.128. The molecule has 0 bridgehead atoms. The highest BCUT2D eigenvalue weighted by Gasteiger charge is 2.37. The van der Waals surface area contributed by atoms with Gasteiger partial charge in [-0.2, -0.15) is 0 Å². The van der Waals surface area contributed by atoms with Crippen LogP contribution in [0.25, 0.3) is 0 Å². The Morgan fingerprint density at radius 2 is 2.15 bits per heavy atom. The minimum atomic E-state index is -0.854. The average molecular weight is 355 g/mol. The molecule has 8 nitrogen and oxygen atoms in total. The van der Waals surface area contributed by atoms with E-state index >= 15 is 0 Å². The van der Waals surface area contributed by atoms with Crippen molar-refractivity contribution in [3.05, 3.63) is 46.9 Å². The molecule has 0 radical (unpaired) electrons. The highest BCUT2D eigenvalue weighted by atomic mass is 16.4. The standard InChI is InChI=1S/C18H21N5O3/c1-10-16(21-11(2)26-10)13(24)7-12-5-6-20-14(8-12)18(3)9-15(25)23(4)17(19)22-18/h5-6,8H,7,9H2,1-4H3,(H2,19,22). The van der Waals surface area contributed by atoms with Gasteiger partial charge >= 0.3 is 0 Å². The Hall–Kier alpha value is -3.03.